The second-order valence-corrected chi connectivity index (χ2v) is 9.46. The van der Waals surface area contributed by atoms with Gasteiger partial charge in [-0.25, -0.2) is 9.97 Å². The highest BCUT2D eigenvalue weighted by atomic mass is 16.5. The van der Waals surface area contributed by atoms with E-state index in [1.807, 2.05) is 30.3 Å². The minimum atomic E-state index is 0.140. The fourth-order valence-corrected chi connectivity index (χ4v) is 4.56. The lowest BCUT2D eigenvalue weighted by molar-refractivity contribution is 0.00397. The lowest BCUT2D eigenvalue weighted by Gasteiger charge is -2.41. The van der Waals surface area contributed by atoms with Crippen LogP contribution in [0, 0.1) is 6.92 Å². The summed E-state index contributed by atoms with van der Waals surface area (Å²) in [7, 11) is 1.69. The average Bonchev–Trinajstić information content (AvgIpc) is 2.89. The van der Waals surface area contributed by atoms with Crippen molar-refractivity contribution in [3.63, 3.8) is 0 Å². The molecule has 2 aliphatic heterocycles. The van der Waals surface area contributed by atoms with E-state index in [4.69, 9.17) is 29.7 Å². The Kier molecular flexibility index (Phi) is 8.03. The first-order valence-electron chi connectivity index (χ1n) is 12.8. The normalized spacial score (nSPS) is 16.4. The summed E-state index contributed by atoms with van der Waals surface area (Å²) in [5, 5.41) is 3.35. The maximum atomic E-state index is 6.32. The quantitative estimate of drug-likeness (QED) is 0.310. The molecule has 0 bridgehead atoms. The van der Waals surface area contributed by atoms with E-state index in [0.717, 1.165) is 56.1 Å². The number of hydrogen-bond donors (Lipinski definition) is 2. The molecule has 37 heavy (non-hydrogen) atoms. The van der Waals surface area contributed by atoms with Gasteiger partial charge in [0.1, 0.15) is 11.9 Å². The Labute approximate surface area is 217 Å². The van der Waals surface area contributed by atoms with Gasteiger partial charge in [-0.1, -0.05) is 6.07 Å². The van der Waals surface area contributed by atoms with Crippen LogP contribution in [0.5, 0.6) is 5.75 Å². The van der Waals surface area contributed by atoms with E-state index in [-0.39, 0.29) is 12.2 Å². The van der Waals surface area contributed by atoms with Crippen LogP contribution in [0.4, 0.5) is 23.0 Å². The molecule has 0 amide bonds. The Hall–Kier alpha value is -3.40. The molecule has 2 fully saturated rings. The number of nitrogens with two attached hydrogens (primary N) is 1. The molecule has 9 heteroatoms. The maximum absolute atomic E-state index is 6.32. The van der Waals surface area contributed by atoms with Crippen molar-refractivity contribution in [3.05, 3.63) is 54.2 Å². The number of methoxy groups -OCH3 is 1. The molecule has 3 aromatic rings. The van der Waals surface area contributed by atoms with Gasteiger partial charge in [0.2, 0.25) is 5.95 Å². The van der Waals surface area contributed by atoms with E-state index in [9.17, 15) is 0 Å². The molecule has 9 nitrogen and oxygen atoms in total. The highest BCUT2D eigenvalue weighted by Crippen LogP contribution is 2.32. The lowest BCUT2D eigenvalue weighted by Crippen LogP contribution is -2.52. The molecule has 1 aromatic heterocycles. The summed E-state index contributed by atoms with van der Waals surface area (Å²) < 4.78 is 22.4. The molecular formula is C28H35N5O4. The van der Waals surface area contributed by atoms with Crippen LogP contribution in [0.2, 0.25) is 0 Å². The maximum Gasteiger partial charge on any atom is 0.227 e. The Morgan fingerprint density at radius 1 is 1.05 bits per heavy atom. The van der Waals surface area contributed by atoms with Crippen molar-refractivity contribution in [1.29, 1.82) is 0 Å². The summed E-state index contributed by atoms with van der Waals surface area (Å²) in [4.78, 5) is 11.5. The third-order valence-corrected chi connectivity index (χ3v) is 6.72. The Morgan fingerprint density at radius 2 is 1.89 bits per heavy atom. The molecule has 2 saturated heterocycles. The summed E-state index contributed by atoms with van der Waals surface area (Å²) in [5.41, 5.74) is 11.9. The number of ether oxygens (including phenoxy) is 4. The molecule has 0 unspecified atom stereocenters. The number of nitrogen functional groups attached to an aromatic ring is 1. The van der Waals surface area contributed by atoms with Gasteiger partial charge >= 0.3 is 0 Å². The number of aromatic nitrogens is 2. The second-order valence-electron chi connectivity index (χ2n) is 9.46. The third-order valence-electron chi connectivity index (χ3n) is 6.72. The largest absolute Gasteiger partial charge is 0.488 e. The molecule has 5 rings (SSSR count). The number of aryl methyl sites for hydroxylation is 1. The first kappa shape index (κ1) is 25.3. The summed E-state index contributed by atoms with van der Waals surface area (Å²) in [6.07, 6.45) is 3.89. The molecule has 2 aliphatic rings. The van der Waals surface area contributed by atoms with Crippen molar-refractivity contribution in [1.82, 2.24) is 9.97 Å². The van der Waals surface area contributed by atoms with E-state index in [2.05, 4.69) is 34.3 Å². The molecule has 0 radical (unpaired) electrons. The first-order valence-corrected chi connectivity index (χ1v) is 12.8. The highest BCUT2D eigenvalue weighted by Gasteiger charge is 2.28. The topological polar surface area (TPSA) is 104 Å². The van der Waals surface area contributed by atoms with Gasteiger partial charge in [-0.15, -0.1) is 0 Å². The fourth-order valence-electron chi connectivity index (χ4n) is 4.56. The van der Waals surface area contributed by atoms with Crippen molar-refractivity contribution in [3.8, 4) is 17.0 Å². The standard InChI is InChI=1S/C28H35N5O4/c1-19-3-5-21(16-26(19)33-17-23(18-33)36-14-13-34-2)31-28-30-10-7-25(32-28)20-4-6-27(24(29)15-20)37-22-8-11-35-12-9-22/h3-7,10,15-16,22-23H,8-9,11-14,17-18,29H2,1-2H3,(H,30,31,32). The molecule has 3 heterocycles. The number of rotatable bonds is 10. The van der Waals surface area contributed by atoms with Crippen LogP contribution in [-0.2, 0) is 14.2 Å². The zero-order chi connectivity index (χ0) is 25.6. The molecule has 0 aliphatic carbocycles. The Morgan fingerprint density at radius 3 is 2.68 bits per heavy atom. The van der Waals surface area contributed by atoms with Crippen molar-refractivity contribution < 1.29 is 18.9 Å². The van der Waals surface area contributed by atoms with E-state index in [0.29, 0.717) is 30.6 Å². The van der Waals surface area contributed by atoms with Crippen LogP contribution in [0.1, 0.15) is 18.4 Å². The minimum Gasteiger partial charge on any atom is -0.488 e. The van der Waals surface area contributed by atoms with Crippen molar-refractivity contribution in [2.75, 3.05) is 62.6 Å². The fraction of sp³-hybridized carbons (Fsp3) is 0.429. The number of benzene rings is 2. The van der Waals surface area contributed by atoms with Gasteiger partial charge in [0.05, 0.1) is 43.9 Å². The van der Waals surface area contributed by atoms with Crippen molar-refractivity contribution >= 4 is 23.0 Å². The molecule has 3 N–H and O–H groups in total. The van der Waals surface area contributed by atoms with Gasteiger partial charge in [0.25, 0.3) is 0 Å². The van der Waals surface area contributed by atoms with Gasteiger partial charge in [-0.3, -0.25) is 0 Å². The van der Waals surface area contributed by atoms with E-state index >= 15 is 0 Å². The van der Waals surface area contributed by atoms with Gasteiger partial charge < -0.3 is 34.9 Å². The van der Waals surface area contributed by atoms with Crippen LogP contribution in [0.25, 0.3) is 11.3 Å². The SMILES string of the molecule is COCCOC1CN(c2cc(Nc3nccc(-c4ccc(OC5CCOCC5)c(N)c4)n3)ccc2C)C1. The van der Waals surface area contributed by atoms with Crippen LogP contribution < -0.4 is 20.7 Å². The number of nitrogens with zero attached hydrogens (tertiary/aromatic N) is 3. The summed E-state index contributed by atoms with van der Waals surface area (Å²) in [6, 6.07) is 14.0. The van der Waals surface area contributed by atoms with Crippen LogP contribution in [-0.4, -0.2) is 68.8 Å². The monoisotopic (exact) mass is 505 g/mol. The van der Waals surface area contributed by atoms with Crippen molar-refractivity contribution in [2.45, 2.75) is 32.0 Å². The summed E-state index contributed by atoms with van der Waals surface area (Å²) >= 11 is 0. The highest BCUT2D eigenvalue weighted by molar-refractivity contribution is 5.70. The first-order chi connectivity index (χ1) is 18.1. The smallest absolute Gasteiger partial charge is 0.227 e. The van der Waals surface area contributed by atoms with Gasteiger partial charge in [-0.05, 0) is 48.9 Å². The van der Waals surface area contributed by atoms with Crippen LogP contribution in [0.3, 0.4) is 0 Å². The zero-order valence-electron chi connectivity index (χ0n) is 21.5. The minimum absolute atomic E-state index is 0.140. The summed E-state index contributed by atoms with van der Waals surface area (Å²) in [5.74, 6) is 1.23. The zero-order valence-corrected chi connectivity index (χ0v) is 21.5. The van der Waals surface area contributed by atoms with Crippen LogP contribution >= 0.6 is 0 Å². The third kappa shape index (κ3) is 6.30. The van der Waals surface area contributed by atoms with Gasteiger partial charge in [0, 0.05) is 56.2 Å². The van der Waals surface area contributed by atoms with Crippen molar-refractivity contribution in [2.24, 2.45) is 0 Å². The molecule has 196 valence electrons. The number of anilines is 4. The van der Waals surface area contributed by atoms with Crippen LogP contribution in [0.15, 0.2) is 48.7 Å². The average molecular weight is 506 g/mol. The molecule has 2 aromatic carbocycles. The number of nitrogens with one attached hydrogen (secondary N) is 1. The lowest BCUT2D eigenvalue weighted by atomic mass is 10.1. The Bertz CT molecular complexity index is 1190. The predicted octanol–water partition coefficient (Wildman–Crippen LogP) is 4.19. The number of hydrogen-bond acceptors (Lipinski definition) is 9. The second kappa shape index (κ2) is 11.8. The summed E-state index contributed by atoms with van der Waals surface area (Å²) in [6.45, 7) is 6.56. The molecule has 0 spiro atoms. The van der Waals surface area contributed by atoms with Gasteiger partial charge in [0.15, 0.2) is 0 Å². The molecule has 0 atom stereocenters. The predicted molar refractivity (Wildman–Crippen MR) is 145 cm³/mol. The van der Waals surface area contributed by atoms with E-state index in [1.165, 1.54) is 11.3 Å². The van der Waals surface area contributed by atoms with E-state index < -0.39 is 0 Å². The van der Waals surface area contributed by atoms with E-state index in [1.54, 1.807) is 13.3 Å². The van der Waals surface area contributed by atoms with Gasteiger partial charge in [-0.2, -0.15) is 0 Å². The molecular weight excluding hydrogens is 470 g/mol. The molecule has 0 saturated carbocycles. The Balaban J connectivity index is 1.24.